The van der Waals surface area contributed by atoms with Crippen molar-refractivity contribution in [1.29, 1.82) is 0 Å². The second-order valence-electron chi connectivity index (χ2n) is 4.61. The smallest absolute Gasteiger partial charge is 0.323 e. The molecule has 1 aliphatic heterocycles. The van der Waals surface area contributed by atoms with Gasteiger partial charge in [-0.05, 0) is 26.7 Å². The Bertz CT molecular complexity index is 308. The average Bonchev–Trinajstić information content (AvgIpc) is 2.34. The molecular weight excluding hydrogens is 236 g/mol. The Morgan fingerprint density at radius 1 is 1.50 bits per heavy atom. The van der Waals surface area contributed by atoms with Gasteiger partial charge in [-0.15, -0.1) is 0 Å². The van der Waals surface area contributed by atoms with Crippen LogP contribution in [0.1, 0.15) is 26.7 Å². The monoisotopic (exact) mass is 258 g/mol. The molecule has 0 aromatic rings. The number of nitrogens with zero attached hydrogens (tertiary/aromatic N) is 2. The molecule has 1 aliphatic rings. The van der Waals surface area contributed by atoms with Crippen molar-refractivity contribution in [1.82, 2.24) is 9.80 Å². The van der Waals surface area contributed by atoms with Crippen LogP contribution in [0, 0.1) is 0 Å². The van der Waals surface area contributed by atoms with Crippen LogP contribution >= 0.6 is 0 Å². The van der Waals surface area contributed by atoms with E-state index in [4.69, 9.17) is 9.84 Å². The first-order valence-corrected chi connectivity index (χ1v) is 6.29. The van der Waals surface area contributed by atoms with Gasteiger partial charge in [-0.1, -0.05) is 0 Å². The summed E-state index contributed by atoms with van der Waals surface area (Å²) in [5.74, 6) is -0.982. The predicted molar refractivity (Wildman–Crippen MR) is 66.5 cm³/mol. The number of hydrogen-bond acceptors (Lipinski definition) is 3. The van der Waals surface area contributed by atoms with E-state index in [0.717, 1.165) is 12.8 Å². The summed E-state index contributed by atoms with van der Waals surface area (Å²) in [6.07, 6.45) is 1.79. The van der Waals surface area contributed by atoms with Gasteiger partial charge in [0.1, 0.15) is 6.54 Å². The lowest BCUT2D eigenvalue weighted by Crippen LogP contribution is -2.52. The standard InChI is InChI=1S/C12H22N2O4/c1-4-13(8-11(15)16)12(17)14-6-5-10(18-3)7-9(14)2/h9-10H,4-8H2,1-3H3,(H,15,16). The van der Waals surface area contributed by atoms with E-state index >= 15 is 0 Å². The first kappa shape index (κ1) is 14.8. The molecular formula is C12H22N2O4. The average molecular weight is 258 g/mol. The molecule has 0 saturated carbocycles. The van der Waals surface area contributed by atoms with Gasteiger partial charge in [-0.2, -0.15) is 0 Å². The third-order valence-electron chi connectivity index (χ3n) is 3.39. The number of urea groups is 1. The lowest BCUT2D eigenvalue weighted by atomic mass is 10.0. The molecule has 18 heavy (non-hydrogen) atoms. The molecule has 0 aromatic heterocycles. The van der Waals surface area contributed by atoms with Gasteiger partial charge in [-0.25, -0.2) is 4.79 Å². The first-order valence-electron chi connectivity index (χ1n) is 6.29. The molecule has 1 fully saturated rings. The second-order valence-corrected chi connectivity index (χ2v) is 4.61. The van der Waals surface area contributed by atoms with Gasteiger partial charge in [0, 0.05) is 26.2 Å². The van der Waals surface area contributed by atoms with Crippen molar-refractivity contribution in [2.24, 2.45) is 0 Å². The fourth-order valence-electron chi connectivity index (χ4n) is 2.29. The van der Waals surface area contributed by atoms with Gasteiger partial charge in [0.2, 0.25) is 0 Å². The van der Waals surface area contributed by atoms with Crippen LogP contribution in [0.2, 0.25) is 0 Å². The lowest BCUT2D eigenvalue weighted by molar-refractivity contribution is -0.137. The number of carboxylic acids is 1. The predicted octanol–water partition coefficient (Wildman–Crippen LogP) is 1.01. The highest BCUT2D eigenvalue weighted by atomic mass is 16.5. The number of hydrogen-bond donors (Lipinski definition) is 1. The fourth-order valence-corrected chi connectivity index (χ4v) is 2.29. The number of rotatable bonds is 4. The van der Waals surface area contributed by atoms with Gasteiger partial charge < -0.3 is 19.6 Å². The number of ether oxygens (including phenoxy) is 1. The number of carbonyl (C=O) groups is 2. The van der Waals surface area contributed by atoms with E-state index in [0.29, 0.717) is 13.1 Å². The van der Waals surface area contributed by atoms with E-state index in [2.05, 4.69) is 0 Å². The molecule has 2 atom stereocenters. The van der Waals surface area contributed by atoms with Crippen molar-refractivity contribution in [3.63, 3.8) is 0 Å². The largest absolute Gasteiger partial charge is 0.480 e. The molecule has 6 heteroatoms. The molecule has 2 amide bonds. The van der Waals surface area contributed by atoms with Crippen LogP contribution in [0.3, 0.4) is 0 Å². The van der Waals surface area contributed by atoms with Gasteiger partial charge in [-0.3, -0.25) is 4.79 Å². The van der Waals surface area contributed by atoms with Crippen molar-refractivity contribution in [3.8, 4) is 0 Å². The van der Waals surface area contributed by atoms with Crippen LogP contribution in [0.4, 0.5) is 4.79 Å². The molecule has 1 heterocycles. The molecule has 1 N–H and O–H groups in total. The first-order chi connectivity index (χ1) is 8.49. The van der Waals surface area contributed by atoms with Crippen LogP contribution in [0.25, 0.3) is 0 Å². The van der Waals surface area contributed by atoms with Crippen molar-refractivity contribution >= 4 is 12.0 Å². The van der Waals surface area contributed by atoms with Crippen molar-refractivity contribution in [2.75, 3.05) is 26.7 Å². The van der Waals surface area contributed by atoms with Crippen molar-refractivity contribution < 1.29 is 19.4 Å². The molecule has 1 saturated heterocycles. The molecule has 0 radical (unpaired) electrons. The number of piperidine rings is 1. The summed E-state index contributed by atoms with van der Waals surface area (Å²) in [5, 5.41) is 8.78. The summed E-state index contributed by atoms with van der Waals surface area (Å²) in [4.78, 5) is 26.0. The van der Waals surface area contributed by atoms with Crippen molar-refractivity contribution in [3.05, 3.63) is 0 Å². The minimum Gasteiger partial charge on any atom is -0.480 e. The Hall–Kier alpha value is -1.30. The molecule has 2 unspecified atom stereocenters. The Kier molecular flexibility index (Phi) is 5.40. The summed E-state index contributed by atoms with van der Waals surface area (Å²) >= 11 is 0. The van der Waals surface area contributed by atoms with Crippen LogP contribution in [-0.2, 0) is 9.53 Å². The van der Waals surface area contributed by atoms with E-state index in [1.807, 2.05) is 6.92 Å². The zero-order valence-electron chi connectivity index (χ0n) is 11.3. The van der Waals surface area contributed by atoms with Crippen LogP contribution in [0.5, 0.6) is 0 Å². The normalized spacial score (nSPS) is 23.8. The maximum Gasteiger partial charge on any atom is 0.323 e. The Balaban J connectivity index is 2.62. The number of carbonyl (C=O) groups excluding carboxylic acids is 1. The third-order valence-corrected chi connectivity index (χ3v) is 3.39. The summed E-state index contributed by atoms with van der Waals surface area (Å²) < 4.78 is 5.30. The summed E-state index contributed by atoms with van der Waals surface area (Å²) in [6, 6.07) is -0.110. The Labute approximate surface area is 107 Å². The number of likely N-dealkylation sites (tertiary alicyclic amines) is 1. The van der Waals surface area contributed by atoms with Crippen molar-refractivity contribution in [2.45, 2.75) is 38.8 Å². The van der Waals surface area contributed by atoms with Gasteiger partial charge >= 0.3 is 12.0 Å². The van der Waals surface area contributed by atoms with E-state index in [9.17, 15) is 9.59 Å². The number of carboxylic acid groups (broad SMARTS) is 1. The van der Waals surface area contributed by atoms with E-state index in [1.165, 1.54) is 4.90 Å². The highest BCUT2D eigenvalue weighted by Gasteiger charge is 2.31. The SMILES string of the molecule is CCN(CC(=O)O)C(=O)N1CCC(OC)CC1C. The number of likely N-dealkylation sites (N-methyl/N-ethyl adjacent to an activating group) is 1. The zero-order valence-corrected chi connectivity index (χ0v) is 11.3. The minimum absolute atomic E-state index is 0.0824. The molecule has 0 spiro atoms. The summed E-state index contributed by atoms with van der Waals surface area (Å²) in [5.41, 5.74) is 0. The maximum atomic E-state index is 12.2. The molecule has 1 rings (SSSR count). The third kappa shape index (κ3) is 3.60. The highest BCUT2D eigenvalue weighted by molar-refractivity contribution is 5.80. The quantitative estimate of drug-likeness (QED) is 0.817. The van der Waals surface area contributed by atoms with Crippen LogP contribution < -0.4 is 0 Å². The van der Waals surface area contributed by atoms with Gasteiger partial charge in [0.25, 0.3) is 0 Å². The Morgan fingerprint density at radius 2 is 2.17 bits per heavy atom. The molecule has 0 bridgehead atoms. The van der Waals surface area contributed by atoms with E-state index < -0.39 is 5.97 Å². The highest BCUT2D eigenvalue weighted by Crippen LogP contribution is 2.20. The maximum absolute atomic E-state index is 12.2. The fraction of sp³-hybridized carbons (Fsp3) is 0.833. The molecule has 104 valence electrons. The number of aliphatic carboxylic acids is 1. The lowest BCUT2D eigenvalue weighted by Gasteiger charge is -2.39. The molecule has 0 aromatic carbocycles. The summed E-state index contributed by atoms with van der Waals surface area (Å²) in [6.45, 7) is 4.54. The number of methoxy groups -OCH3 is 1. The zero-order chi connectivity index (χ0) is 13.7. The van der Waals surface area contributed by atoms with Crippen LogP contribution in [-0.4, -0.2) is 65.8 Å². The minimum atomic E-state index is -0.982. The summed E-state index contributed by atoms with van der Waals surface area (Å²) in [7, 11) is 1.68. The van der Waals surface area contributed by atoms with E-state index in [1.54, 1.807) is 18.9 Å². The van der Waals surface area contributed by atoms with E-state index in [-0.39, 0.29) is 24.7 Å². The van der Waals surface area contributed by atoms with Crippen LogP contribution in [0.15, 0.2) is 0 Å². The molecule has 0 aliphatic carbocycles. The van der Waals surface area contributed by atoms with Gasteiger partial charge in [0.15, 0.2) is 0 Å². The number of amides is 2. The second kappa shape index (κ2) is 6.58. The van der Waals surface area contributed by atoms with Gasteiger partial charge in [0.05, 0.1) is 6.10 Å². The topological polar surface area (TPSA) is 70.1 Å². The Morgan fingerprint density at radius 3 is 2.61 bits per heavy atom. The molecule has 6 nitrogen and oxygen atoms in total.